The average Bonchev–Trinajstić information content (AvgIpc) is 2.78. The Morgan fingerprint density at radius 1 is 1.29 bits per heavy atom. The fraction of sp³-hybridized carbons (Fsp3) is 0.500. The van der Waals surface area contributed by atoms with E-state index >= 15 is 0 Å². The molecule has 112 valence electrons. The van der Waals surface area contributed by atoms with Crippen molar-refractivity contribution in [3.63, 3.8) is 0 Å². The maximum atomic E-state index is 11.5. The van der Waals surface area contributed by atoms with Gasteiger partial charge < -0.3 is 10.6 Å². The lowest BCUT2D eigenvalue weighted by Gasteiger charge is -2.25. The van der Waals surface area contributed by atoms with Crippen molar-refractivity contribution >= 4 is 28.9 Å². The van der Waals surface area contributed by atoms with E-state index in [1.807, 2.05) is 6.08 Å². The predicted octanol–water partition coefficient (Wildman–Crippen LogP) is 1.62. The molecule has 0 aromatic rings. The van der Waals surface area contributed by atoms with Gasteiger partial charge in [0.1, 0.15) is 0 Å². The van der Waals surface area contributed by atoms with Crippen molar-refractivity contribution in [3.8, 4) is 0 Å². The monoisotopic (exact) mass is 306 g/mol. The van der Waals surface area contributed by atoms with Gasteiger partial charge in [-0.1, -0.05) is 19.3 Å². The van der Waals surface area contributed by atoms with Crippen LogP contribution >= 0.6 is 11.8 Å². The van der Waals surface area contributed by atoms with Crippen LogP contribution in [-0.2, 0) is 4.79 Å². The van der Waals surface area contributed by atoms with Gasteiger partial charge in [-0.05, 0) is 36.8 Å². The minimum Gasteiger partial charge on any atom is -0.353 e. The minimum atomic E-state index is -0.346. The molecule has 0 radical (unpaired) electrons. The molecule has 0 aromatic heterocycles. The molecule has 7 heteroatoms. The normalized spacial score (nSPS) is 25.2. The number of carbonyl (C=O) groups excluding carboxylic acids is 2. The van der Waals surface area contributed by atoms with E-state index in [2.05, 4.69) is 20.9 Å². The molecule has 3 aliphatic rings. The summed E-state index contributed by atoms with van der Waals surface area (Å²) >= 11 is 0.915. The van der Waals surface area contributed by atoms with E-state index < -0.39 is 0 Å². The van der Waals surface area contributed by atoms with Gasteiger partial charge in [-0.3, -0.25) is 14.9 Å². The molecule has 1 saturated carbocycles. The predicted molar refractivity (Wildman–Crippen MR) is 82.7 cm³/mol. The lowest BCUT2D eigenvalue weighted by Crippen LogP contribution is -2.45. The number of imide groups is 1. The Morgan fingerprint density at radius 2 is 2.10 bits per heavy atom. The second-order valence-corrected chi connectivity index (χ2v) is 6.32. The Kier molecular flexibility index (Phi) is 4.28. The fourth-order valence-corrected chi connectivity index (χ4v) is 3.30. The van der Waals surface area contributed by atoms with Crippen LogP contribution in [0.1, 0.15) is 32.1 Å². The third kappa shape index (κ3) is 3.66. The van der Waals surface area contributed by atoms with Crippen LogP contribution in [0.5, 0.6) is 0 Å². The first-order valence-electron chi connectivity index (χ1n) is 7.25. The first-order valence-corrected chi connectivity index (χ1v) is 8.06. The quantitative estimate of drug-likeness (QED) is 0.675. The minimum absolute atomic E-state index is 0.328. The fourth-order valence-electron chi connectivity index (χ4n) is 2.64. The molecule has 6 nitrogen and oxygen atoms in total. The van der Waals surface area contributed by atoms with Crippen molar-refractivity contribution in [3.05, 3.63) is 22.8 Å². The Hall–Kier alpha value is -1.76. The number of carbonyl (C=O) groups is 2. The molecule has 1 aliphatic carbocycles. The number of hydrogen-bond acceptors (Lipinski definition) is 6. The lowest BCUT2D eigenvalue weighted by atomic mass is 9.96. The Bertz CT molecular complexity index is 547. The SMILES string of the molecule is O=C1NC(=O)/C(=C/C2=CCNC(NC3CCCCC3)=N2)S1. The molecule has 2 aliphatic heterocycles. The molecule has 2 fully saturated rings. The number of aliphatic imine (C=N–C) groups is 1. The van der Waals surface area contributed by atoms with E-state index in [0.29, 0.717) is 23.2 Å². The number of thioether (sulfide) groups is 1. The summed E-state index contributed by atoms with van der Waals surface area (Å²) in [5, 5.41) is 8.54. The van der Waals surface area contributed by atoms with E-state index in [1.165, 1.54) is 32.1 Å². The molecular weight excluding hydrogens is 288 g/mol. The maximum Gasteiger partial charge on any atom is 0.290 e. The highest BCUT2D eigenvalue weighted by atomic mass is 32.2. The molecule has 0 atom stereocenters. The molecular formula is C14H18N4O2S. The van der Waals surface area contributed by atoms with E-state index in [-0.39, 0.29) is 11.1 Å². The van der Waals surface area contributed by atoms with Crippen molar-refractivity contribution in [2.45, 2.75) is 38.1 Å². The second-order valence-electron chi connectivity index (χ2n) is 5.30. The zero-order valence-corrected chi connectivity index (χ0v) is 12.5. The van der Waals surface area contributed by atoms with Gasteiger partial charge in [0.2, 0.25) is 0 Å². The first-order chi connectivity index (χ1) is 10.2. The summed E-state index contributed by atoms with van der Waals surface area (Å²) < 4.78 is 0. The Morgan fingerprint density at radius 3 is 2.81 bits per heavy atom. The van der Waals surface area contributed by atoms with Gasteiger partial charge >= 0.3 is 0 Å². The number of nitrogens with zero attached hydrogens (tertiary/aromatic N) is 1. The van der Waals surface area contributed by atoms with E-state index in [4.69, 9.17) is 0 Å². The van der Waals surface area contributed by atoms with Crippen molar-refractivity contribution < 1.29 is 9.59 Å². The second kappa shape index (κ2) is 6.34. The molecule has 1 saturated heterocycles. The van der Waals surface area contributed by atoms with E-state index in [1.54, 1.807) is 6.08 Å². The zero-order chi connectivity index (χ0) is 14.7. The number of amides is 2. The van der Waals surface area contributed by atoms with Gasteiger partial charge in [-0.2, -0.15) is 0 Å². The molecule has 0 spiro atoms. The molecule has 0 unspecified atom stereocenters. The molecule has 21 heavy (non-hydrogen) atoms. The Labute approximate surface area is 127 Å². The largest absolute Gasteiger partial charge is 0.353 e. The van der Waals surface area contributed by atoms with Crippen molar-refractivity contribution in [1.29, 1.82) is 0 Å². The number of guanidine groups is 1. The number of hydrogen-bond donors (Lipinski definition) is 3. The van der Waals surface area contributed by atoms with Crippen LogP contribution in [0, 0.1) is 0 Å². The summed E-state index contributed by atoms with van der Waals surface area (Å²) in [6.07, 6.45) is 9.74. The van der Waals surface area contributed by atoms with Crippen LogP contribution in [0.2, 0.25) is 0 Å². The molecule has 2 amide bonds. The molecule has 3 rings (SSSR count). The highest BCUT2D eigenvalue weighted by Crippen LogP contribution is 2.25. The smallest absolute Gasteiger partial charge is 0.290 e. The van der Waals surface area contributed by atoms with Crippen molar-refractivity contribution in [1.82, 2.24) is 16.0 Å². The molecule has 0 bridgehead atoms. The third-order valence-electron chi connectivity index (χ3n) is 3.69. The highest BCUT2D eigenvalue weighted by molar-refractivity contribution is 8.18. The molecule has 2 heterocycles. The zero-order valence-electron chi connectivity index (χ0n) is 11.6. The van der Waals surface area contributed by atoms with Gasteiger partial charge in [0, 0.05) is 12.6 Å². The van der Waals surface area contributed by atoms with Crippen LogP contribution in [-0.4, -0.2) is 29.7 Å². The summed E-state index contributed by atoms with van der Waals surface area (Å²) in [4.78, 5) is 27.5. The van der Waals surface area contributed by atoms with Crippen LogP contribution in [0.3, 0.4) is 0 Å². The summed E-state index contributed by atoms with van der Waals surface area (Å²) in [6.45, 7) is 0.665. The van der Waals surface area contributed by atoms with Crippen LogP contribution in [0.4, 0.5) is 4.79 Å². The average molecular weight is 306 g/mol. The molecule has 0 aromatic carbocycles. The highest BCUT2D eigenvalue weighted by Gasteiger charge is 2.25. The topological polar surface area (TPSA) is 82.6 Å². The van der Waals surface area contributed by atoms with Gasteiger partial charge in [0.15, 0.2) is 5.96 Å². The number of nitrogens with one attached hydrogen (secondary N) is 3. The van der Waals surface area contributed by atoms with Crippen LogP contribution in [0.15, 0.2) is 27.7 Å². The van der Waals surface area contributed by atoms with Crippen LogP contribution < -0.4 is 16.0 Å². The summed E-state index contributed by atoms with van der Waals surface area (Å²) in [6, 6.07) is 0.475. The van der Waals surface area contributed by atoms with E-state index in [9.17, 15) is 9.59 Å². The summed E-state index contributed by atoms with van der Waals surface area (Å²) in [5.74, 6) is 0.410. The van der Waals surface area contributed by atoms with E-state index in [0.717, 1.165) is 17.7 Å². The van der Waals surface area contributed by atoms with Crippen molar-refractivity contribution in [2.24, 2.45) is 4.99 Å². The lowest BCUT2D eigenvalue weighted by molar-refractivity contribution is -0.115. The Balaban J connectivity index is 1.66. The maximum absolute atomic E-state index is 11.5. The summed E-state index contributed by atoms with van der Waals surface area (Å²) in [7, 11) is 0. The standard InChI is InChI=1S/C14H18N4O2S/c19-12-11(21-14(20)18-12)8-10-6-7-15-13(17-10)16-9-4-2-1-3-5-9/h6,8-9H,1-5,7H2,(H2,15,16,17)(H,18,19,20)/b11-8-. The first kappa shape index (κ1) is 14.2. The van der Waals surface area contributed by atoms with Gasteiger partial charge in [-0.25, -0.2) is 4.99 Å². The van der Waals surface area contributed by atoms with Gasteiger partial charge in [0.05, 0.1) is 10.6 Å². The molecule has 3 N–H and O–H groups in total. The number of allylic oxidation sites excluding steroid dienone is 1. The number of rotatable bonds is 2. The summed E-state index contributed by atoms with van der Waals surface area (Å²) in [5.41, 5.74) is 0.708. The third-order valence-corrected chi connectivity index (χ3v) is 4.50. The van der Waals surface area contributed by atoms with Crippen molar-refractivity contribution in [2.75, 3.05) is 6.54 Å². The van der Waals surface area contributed by atoms with Gasteiger partial charge in [-0.15, -0.1) is 0 Å². The van der Waals surface area contributed by atoms with Crippen LogP contribution in [0.25, 0.3) is 0 Å². The van der Waals surface area contributed by atoms with Gasteiger partial charge in [0.25, 0.3) is 11.1 Å².